The Morgan fingerprint density at radius 2 is 2.00 bits per heavy atom. The highest BCUT2D eigenvalue weighted by atomic mass is 32.2. The lowest BCUT2D eigenvalue weighted by atomic mass is 10.2. The van der Waals surface area contributed by atoms with Gasteiger partial charge in [0.2, 0.25) is 5.91 Å². The highest BCUT2D eigenvalue weighted by Crippen LogP contribution is 2.19. The Labute approximate surface area is 135 Å². The summed E-state index contributed by atoms with van der Waals surface area (Å²) in [5.41, 5.74) is 1.74. The van der Waals surface area contributed by atoms with Gasteiger partial charge in [0.25, 0.3) is 0 Å². The Kier molecular flexibility index (Phi) is 4.71. The van der Waals surface area contributed by atoms with Crippen molar-refractivity contribution in [3.8, 4) is 11.3 Å². The summed E-state index contributed by atoms with van der Waals surface area (Å²) >= 11 is 2.72. The molecule has 0 atom stereocenters. The van der Waals surface area contributed by atoms with Gasteiger partial charge in [-0.05, 0) is 24.3 Å². The van der Waals surface area contributed by atoms with E-state index < -0.39 is 0 Å². The minimum Gasteiger partial charge on any atom is -0.301 e. The topological polar surface area (TPSA) is 80.7 Å². The van der Waals surface area contributed by atoms with Gasteiger partial charge in [0, 0.05) is 29.5 Å². The van der Waals surface area contributed by atoms with Crippen LogP contribution >= 0.6 is 23.1 Å². The fourth-order valence-electron chi connectivity index (χ4n) is 1.65. The SMILES string of the molecule is O=C(CSc1ccc(-c2ccncc2)nn1)Nc1nccs1. The number of carbonyl (C=O) groups is 1. The van der Waals surface area contributed by atoms with E-state index in [1.807, 2.05) is 29.6 Å². The molecule has 3 heterocycles. The molecule has 3 aromatic heterocycles. The third kappa shape index (κ3) is 3.86. The maximum Gasteiger partial charge on any atom is 0.236 e. The van der Waals surface area contributed by atoms with Crippen molar-refractivity contribution in [1.82, 2.24) is 20.2 Å². The van der Waals surface area contributed by atoms with E-state index in [4.69, 9.17) is 0 Å². The van der Waals surface area contributed by atoms with Crippen molar-refractivity contribution in [3.63, 3.8) is 0 Å². The van der Waals surface area contributed by atoms with Crippen LogP contribution in [0, 0.1) is 0 Å². The van der Waals surface area contributed by atoms with Crippen molar-refractivity contribution < 1.29 is 4.79 Å². The number of aromatic nitrogens is 4. The van der Waals surface area contributed by atoms with E-state index in [0.29, 0.717) is 10.2 Å². The molecule has 0 radical (unpaired) electrons. The van der Waals surface area contributed by atoms with Gasteiger partial charge < -0.3 is 5.32 Å². The number of rotatable bonds is 5. The van der Waals surface area contributed by atoms with E-state index in [2.05, 4.69) is 25.5 Å². The van der Waals surface area contributed by atoms with E-state index in [9.17, 15) is 4.79 Å². The van der Waals surface area contributed by atoms with Crippen LogP contribution in [0.1, 0.15) is 0 Å². The average molecular weight is 329 g/mol. The summed E-state index contributed by atoms with van der Waals surface area (Å²) in [6.07, 6.45) is 5.07. The number of hydrogen-bond donors (Lipinski definition) is 1. The second kappa shape index (κ2) is 7.10. The number of thioether (sulfide) groups is 1. The first-order valence-electron chi connectivity index (χ1n) is 6.37. The third-order valence-electron chi connectivity index (χ3n) is 2.65. The molecule has 0 saturated carbocycles. The molecule has 0 aliphatic heterocycles. The second-order valence-corrected chi connectivity index (χ2v) is 6.06. The van der Waals surface area contributed by atoms with E-state index in [1.54, 1.807) is 18.6 Å². The Balaban J connectivity index is 1.56. The molecule has 0 spiro atoms. The Morgan fingerprint density at radius 1 is 1.14 bits per heavy atom. The first kappa shape index (κ1) is 14.6. The number of hydrogen-bond acceptors (Lipinski definition) is 7. The van der Waals surface area contributed by atoms with Gasteiger partial charge in [-0.15, -0.1) is 21.5 Å². The molecule has 0 bridgehead atoms. The van der Waals surface area contributed by atoms with Crippen molar-refractivity contribution in [2.45, 2.75) is 5.03 Å². The quantitative estimate of drug-likeness (QED) is 0.725. The van der Waals surface area contributed by atoms with Crippen molar-refractivity contribution in [2.24, 2.45) is 0 Å². The van der Waals surface area contributed by atoms with Gasteiger partial charge in [0.05, 0.1) is 11.4 Å². The van der Waals surface area contributed by atoms with Crippen molar-refractivity contribution in [2.75, 3.05) is 11.1 Å². The number of anilines is 1. The summed E-state index contributed by atoms with van der Waals surface area (Å²) in [6.45, 7) is 0. The zero-order valence-corrected chi connectivity index (χ0v) is 13.0. The van der Waals surface area contributed by atoms with Gasteiger partial charge >= 0.3 is 0 Å². The Hall–Kier alpha value is -2.32. The van der Waals surface area contributed by atoms with Crippen molar-refractivity contribution >= 4 is 34.1 Å². The minimum atomic E-state index is -0.111. The van der Waals surface area contributed by atoms with Crippen LogP contribution in [-0.4, -0.2) is 31.8 Å². The number of thiazole rings is 1. The van der Waals surface area contributed by atoms with Crippen LogP contribution in [0.2, 0.25) is 0 Å². The van der Waals surface area contributed by atoms with E-state index in [-0.39, 0.29) is 11.7 Å². The average Bonchev–Trinajstić information content (AvgIpc) is 3.07. The minimum absolute atomic E-state index is 0.111. The van der Waals surface area contributed by atoms with E-state index in [1.165, 1.54) is 23.1 Å². The van der Waals surface area contributed by atoms with Crippen LogP contribution < -0.4 is 5.32 Å². The lowest BCUT2D eigenvalue weighted by Gasteiger charge is -2.02. The number of nitrogens with zero attached hydrogens (tertiary/aromatic N) is 4. The lowest BCUT2D eigenvalue weighted by Crippen LogP contribution is -2.13. The number of carbonyl (C=O) groups excluding carboxylic acids is 1. The maximum atomic E-state index is 11.8. The molecule has 0 aromatic carbocycles. The first-order chi connectivity index (χ1) is 10.8. The fraction of sp³-hybridized carbons (Fsp3) is 0.0714. The molecule has 6 nitrogen and oxygen atoms in total. The van der Waals surface area contributed by atoms with Crippen LogP contribution in [-0.2, 0) is 4.79 Å². The van der Waals surface area contributed by atoms with Crippen molar-refractivity contribution in [3.05, 3.63) is 48.2 Å². The third-order valence-corrected chi connectivity index (χ3v) is 4.25. The molecule has 0 saturated heterocycles. The van der Waals surface area contributed by atoms with Crippen LogP contribution in [0.5, 0.6) is 0 Å². The van der Waals surface area contributed by atoms with Gasteiger partial charge in [0.15, 0.2) is 5.13 Å². The molecule has 0 aliphatic carbocycles. The monoisotopic (exact) mass is 329 g/mol. The molecule has 0 unspecified atom stereocenters. The van der Waals surface area contributed by atoms with E-state index >= 15 is 0 Å². The highest BCUT2D eigenvalue weighted by molar-refractivity contribution is 7.99. The highest BCUT2D eigenvalue weighted by Gasteiger charge is 2.07. The number of nitrogens with one attached hydrogen (secondary N) is 1. The summed E-state index contributed by atoms with van der Waals surface area (Å²) in [5.74, 6) is 0.156. The van der Waals surface area contributed by atoms with Crippen LogP contribution in [0.4, 0.5) is 5.13 Å². The zero-order valence-electron chi connectivity index (χ0n) is 11.3. The summed E-state index contributed by atoms with van der Waals surface area (Å²) in [4.78, 5) is 19.7. The van der Waals surface area contributed by atoms with Gasteiger partial charge in [-0.1, -0.05) is 11.8 Å². The molecule has 0 fully saturated rings. The summed E-state index contributed by atoms with van der Waals surface area (Å²) < 4.78 is 0. The molecule has 1 amide bonds. The van der Waals surface area contributed by atoms with E-state index in [0.717, 1.165) is 11.3 Å². The maximum absolute atomic E-state index is 11.8. The number of amides is 1. The molecular weight excluding hydrogens is 318 g/mol. The van der Waals surface area contributed by atoms with Gasteiger partial charge in [0.1, 0.15) is 5.03 Å². The molecule has 110 valence electrons. The summed E-state index contributed by atoms with van der Waals surface area (Å²) in [6, 6.07) is 7.48. The van der Waals surface area contributed by atoms with Gasteiger partial charge in [-0.3, -0.25) is 9.78 Å². The van der Waals surface area contributed by atoms with Crippen LogP contribution in [0.25, 0.3) is 11.3 Å². The Morgan fingerprint density at radius 3 is 2.68 bits per heavy atom. The zero-order chi connectivity index (χ0) is 15.2. The first-order valence-corrected chi connectivity index (χ1v) is 8.24. The van der Waals surface area contributed by atoms with Gasteiger partial charge in [-0.2, -0.15) is 0 Å². The standard InChI is InChI=1S/C14H11N5OS2/c20-12(17-14-16-7-8-21-14)9-22-13-2-1-11(18-19-13)10-3-5-15-6-4-10/h1-8H,9H2,(H,16,17,20). The number of pyridine rings is 1. The predicted octanol–water partition coefficient (Wildman–Crippen LogP) is 2.73. The smallest absolute Gasteiger partial charge is 0.236 e. The van der Waals surface area contributed by atoms with Crippen LogP contribution in [0.15, 0.2) is 53.3 Å². The molecule has 3 aromatic rings. The molecule has 0 aliphatic rings. The summed E-state index contributed by atoms with van der Waals surface area (Å²) in [7, 11) is 0. The molecule has 8 heteroatoms. The predicted molar refractivity (Wildman–Crippen MR) is 86.7 cm³/mol. The summed E-state index contributed by atoms with van der Waals surface area (Å²) in [5, 5.41) is 14.1. The molecule has 3 rings (SSSR count). The molecular formula is C14H11N5OS2. The van der Waals surface area contributed by atoms with Crippen LogP contribution in [0.3, 0.4) is 0 Å². The largest absolute Gasteiger partial charge is 0.301 e. The van der Waals surface area contributed by atoms with Crippen molar-refractivity contribution in [1.29, 1.82) is 0 Å². The molecule has 22 heavy (non-hydrogen) atoms. The van der Waals surface area contributed by atoms with Gasteiger partial charge in [-0.25, -0.2) is 4.98 Å². The normalized spacial score (nSPS) is 10.4. The second-order valence-electron chi connectivity index (χ2n) is 4.17. The fourth-order valence-corrected chi connectivity index (χ4v) is 2.81. The molecule has 1 N–H and O–H groups in total. The Bertz CT molecular complexity index is 732. The lowest BCUT2D eigenvalue weighted by molar-refractivity contribution is -0.113.